The van der Waals surface area contributed by atoms with Crippen molar-refractivity contribution in [1.82, 2.24) is 14.5 Å². The third kappa shape index (κ3) is 4.53. The average molecular weight is 317 g/mol. The number of nitrogens with zero attached hydrogens (tertiary/aromatic N) is 2. The van der Waals surface area contributed by atoms with Crippen LogP contribution in [0.1, 0.15) is 38.6 Å². The van der Waals surface area contributed by atoms with Crippen molar-refractivity contribution in [3.8, 4) is 0 Å². The summed E-state index contributed by atoms with van der Waals surface area (Å²) in [6, 6.07) is -0.198. The van der Waals surface area contributed by atoms with Crippen molar-refractivity contribution in [2.45, 2.75) is 58.5 Å². The molecule has 0 saturated carbocycles. The Morgan fingerprint density at radius 1 is 1.33 bits per heavy atom. The van der Waals surface area contributed by atoms with Gasteiger partial charge in [0, 0.05) is 6.04 Å². The van der Waals surface area contributed by atoms with E-state index in [1.165, 1.54) is 4.68 Å². The highest BCUT2D eigenvalue weighted by Gasteiger charge is 2.26. The Hall–Kier alpha value is -1.41. The third-order valence-corrected chi connectivity index (χ3v) is 4.89. The normalized spacial score (nSPS) is 13.6. The lowest BCUT2D eigenvalue weighted by Gasteiger charge is -2.16. The summed E-state index contributed by atoms with van der Waals surface area (Å²) in [5, 5.41) is 12.8. The van der Waals surface area contributed by atoms with Crippen molar-refractivity contribution in [2.75, 3.05) is 0 Å². The number of carboxylic acid groups (broad SMARTS) is 1. The number of nitrogens with one attached hydrogen (secondary N) is 1. The molecule has 1 heterocycles. The minimum absolute atomic E-state index is 0.0688. The van der Waals surface area contributed by atoms with Crippen LogP contribution < -0.4 is 4.72 Å². The number of aliphatic carboxylic acids is 1. The van der Waals surface area contributed by atoms with Crippen LogP contribution in [0.2, 0.25) is 0 Å². The van der Waals surface area contributed by atoms with Crippen molar-refractivity contribution in [3.63, 3.8) is 0 Å². The highest BCUT2D eigenvalue weighted by atomic mass is 32.2. The second-order valence-corrected chi connectivity index (χ2v) is 7.35. The molecule has 2 N–H and O–H groups in total. The first-order valence-electron chi connectivity index (χ1n) is 6.82. The molecule has 0 fully saturated rings. The van der Waals surface area contributed by atoms with Gasteiger partial charge in [-0.15, -0.1) is 0 Å². The van der Waals surface area contributed by atoms with Gasteiger partial charge in [0.05, 0.1) is 11.4 Å². The van der Waals surface area contributed by atoms with Crippen LogP contribution in [-0.2, 0) is 21.4 Å². The summed E-state index contributed by atoms with van der Waals surface area (Å²) in [5.41, 5.74) is 0.636. The molecule has 8 heteroatoms. The fourth-order valence-electron chi connectivity index (χ4n) is 2.43. The quantitative estimate of drug-likeness (QED) is 0.789. The minimum Gasteiger partial charge on any atom is -0.480 e. The number of aromatic nitrogens is 2. The SMILES string of the molecule is Cc1nn(CC(=O)O)c(C)c1S(=O)(=O)NC(C)CC(C)C. The number of aryl methyl sites for hydroxylation is 1. The molecule has 0 aromatic carbocycles. The van der Waals surface area contributed by atoms with E-state index in [9.17, 15) is 13.2 Å². The van der Waals surface area contributed by atoms with Crippen LogP contribution in [0, 0.1) is 19.8 Å². The Kier molecular flexibility index (Phi) is 5.52. The van der Waals surface area contributed by atoms with Crippen LogP contribution in [0.4, 0.5) is 0 Å². The molecule has 0 spiro atoms. The fourth-order valence-corrected chi connectivity index (χ4v) is 4.10. The van der Waals surface area contributed by atoms with Gasteiger partial charge in [-0.1, -0.05) is 13.8 Å². The molecule has 1 aromatic rings. The van der Waals surface area contributed by atoms with Crippen LogP contribution >= 0.6 is 0 Å². The zero-order valence-corrected chi connectivity index (χ0v) is 13.9. The van der Waals surface area contributed by atoms with Crippen molar-refractivity contribution in [1.29, 1.82) is 0 Å². The molecule has 0 saturated heterocycles. The standard InChI is InChI=1S/C13H23N3O4S/c1-8(2)6-9(3)15-21(19,20)13-10(4)14-16(11(13)5)7-12(17)18/h8-9,15H,6-7H2,1-5H3,(H,17,18). The summed E-state index contributed by atoms with van der Waals surface area (Å²) in [5.74, 6) is -0.690. The summed E-state index contributed by atoms with van der Waals surface area (Å²) < 4.78 is 28.7. The second-order valence-electron chi connectivity index (χ2n) is 5.70. The van der Waals surface area contributed by atoms with E-state index in [0.717, 1.165) is 6.42 Å². The summed E-state index contributed by atoms with van der Waals surface area (Å²) in [7, 11) is -3.71. The molecular weight excluding hydrogens is 294 g/mol. The number of rotatable bonds is 7. The van der Waals surface area contributed by atoms with Crippen LogP contribution in [0.25, 0.3) is 0 Å². The smallest absolute Gasteiger partial charge is 0.325 e. The molecule has 120 valence electrons. The first kappa shape index (κ1) is 17.6. The van der Waals surface area contributed by atoms with Gasteiger partial charge in [0.2, 0.25) is 10.0 Å². The van der Waals surface area contributed by atoms with E-state index < -0.39 is 16.0 Å². The van der Waals surface area contributed by atoms with E-state index in [4.69, 9.17) is 5.11 Å². The Morgan fingerprint density at radius 3 is 2.38 bits per heavy atom. The molecule has 7 nitrogen and oxygen atoms in total. The summed E-state index contributed by atoms with van der Waals surface area (Å²) >= 11 is 0. The molecule has 0 aliphatic heterocycles. The molecule has 1 aromatic heterocycles. The van der Waals surface area contributed by atoms with E-state index in [1.807, 2.05) is 20.8 Å². The number of hydrogen-bond donors (Lipinski definition) is 2. The molecule has 21 heavy (non-hydrogen) atoms. The van der Waals surface area contributed by atoms with Crippen LogP contribution in [0.3, 0.4) is 0 Å². The van der Waals surface area contributed by atoms with Gasteiger partial charge in [-0.3, -0.25) is 9.48 Å². The van der Waals surface area contributed by atoms with E-state index in [-0.39, 0.29) is 17.5 Å². The number of carbonyl (C=O) groups is 1. The van der Waals surface area contributed by atoms with Crippen molar-refractivity contribution in [2.24, 2.45) is 5.92 Å². The zero-order valence-electron chi connectivity index (χ0n) is 13.0. The number of sulfonamides is 1. The molecule has 0 aliphatic rings. The predicted octanol–water partition coefficient (Wildman–Crippen LogP) is 1.30. The second kappa shape index (κ2) is 6.57. The number of carboxylic acids is 1. The maximum Gasteiger partial charge on any atom is 0.325 e. The fraction of sp³-hybridized carbons (Fsp3) is 0.692. The molecule has 0 radical (unpaired) electrons. The maximum atomic E-state index is 12.5. The first-order chi connectivity index (χ1) is 9.54. The van der Waals surface area contributed by atoms with E-state index in [0.29, 0.717) is 17.3 Å². The molecule has 0 aliphatic carbocycles. The predicted molar refractivity (Wildman–Crippen MR) is 78.6 cm³/mol. The molecule has 1 unspecified atom stereocenters. The molecule has 0 amide bonds. The Morgan fingerprint density at radius 2 is 1.90 bits per heavy atom. The average Bonchev–Trinajstić information content (AvgIpc) is 2.50. The largest absolute Gasteiger partial charge is 0.480 e. The summed E-state index contributed by atoms with van der Waals surface area (Å²) in [4.78, 5) is 10.8. The molecule has 0 bridgehead atoms. The van der Waals surface area contributed by atoms with E-state index in [1.54, 1.807) is 13.8 Å². The van der Waals surface area contributed by atoms with Gasteiger partial charge in [-0.25, -0.2) is 13.1 Å². The molecule has 1 rings (SSSR count). The van der Waals surface area contributed by atoms with Crippen molar-refractivity contribution in [3.05, 3.63) is 11.4 Å². The minimum atomic E-state index is -3.71. The monoisotopic (exact) mass is 317 g/mol. The van der Waals surface area contributed by atoms with Gasteiger partial charge in [0.15, 0.2) is 0 Å². The summed E-state index contributed by atoms with van der Waals surface area (Å²) in [6.07, 6.45) is 0.723. The van der Waals surface area contributed by atoms with Gasteiger partial charge < -0.3 is 5.11 Å². The van der Waals surface area contributed by atoms with Crippen molar-refractivity contribution < 1.29 is 18.3 Å². The van der Waals surface area contributed by atoms with Crippen molar-refractivity contribution >= 4 is 16.0 Å². The van der Waals surface area contributed by atoms with Gasteiger partial charge in [0.1, 0.15) is 11.4 Å². The van der Waals surface area contributed by atoms with Gasteiger partial charge in [0.25, 0.3) is 0 Å². The summed E-state index contributed by atoms with van der Waals surface area (Å²) in [6.45, 7) is 8.61. The van der Waals surface area contributed by atoms with Gasteiger partial charge in [-0.05, 0) is 33.1 Å². The third-order valence-electron chi connectivity index (χ3n) is 3.05. The molecular formula is C13H23N3O4S. The Bertz CT molecular complexity index is 620. The van der Waals surface area contributed by atoms with Crippen LogP contribution in [-0.4, -0.2) is 35.3 Å². The van der Waals surface area contributed by atoms with E-state index >= 15 is 0 Å². The van der Waals surface area contributed by atoms with E-state index in [2.05, 4.69) is 9.82 Å². The Balaban J connectivity index is 3.09. The van der Waals surface area contributed by atoms with Gasteiger partial charge in [-0.2, -0.15) is 5.10 Å². The first-order valence-corrected chi connectivity index (χ1v) is 8.31. The van der Waals surface area contributed by atoms with Crippen LogP contribution in [0.15, 0.2) is 4.90 Å². The lowest BCUT2D eigenvalue weighted by atomic mass is 10.1. The highest BCUT2D eigenvalue weighted by molar-refractivity contribution is 7.89. The number of hydrogen-bond acceptors (Lipinski definition) is 4. The Labute approximate surface area is 125 Å². The lowest BCUT2D eigenvalue weighted by molar-refractivity contribution is -0.137. The highest BCUT2D eigenvalue weighted by Crippen LogP contribution is 2.20. The maximum absolute atomic E-state index is 12.5. The van der Waals surface area contributed by atoms with Gasteiger partial charge >= 0.3 is 5.97 Å². The molecule has 1 atom stereocenters. The van der Waals surface area contributed by atoms with Crippen LogP contribution in [0.5, 0.6) is 0 Å². The lowest BCUT2D eigenvalue weighted by Crippen LogP contribution is -2.34. The topological polar surface area (TPSA) is 101 Å². The zero-order chi connectivity index (χ0) is 16.4.